The molecule has 0 fully saturated rings. The summed E-state index contributed by atoms with van der Waals surface area (Å²) in [6.45, 7) is 6.27. The smallest absolute Gasteiger partial charge is 0.282 e. The van der Waals surface area contributed by atoms with Crippen molar-refractivity contribution in [2.75, 3.05) is 13.7 Å². The van der Waals surface area contributed by atoms with E-state index in [2.05, 4.69) is 27.6 Å². The fourth-order valence-electron chi connectivity index (χ4n) is 4.16. The Morgan fingerprint density at radius 2 is 2.00 bits per heavy atom. The maximum atomic E-state index is 13.5. The van der Waals surface area contributed by atoms with E-state index in [-0.39, 0.29) is 5.56 Å². The summed E-state index contributed by atoms with van der Waals surface area (Å²) in [7, 11) is 1.59. The van der Waals surface area contributed by atoms with Crippen molar-refractivity contribution in [3.63, 3.8) is 0 Å². The molecule has 8 heteroatoms. The average Bonchev–Trinajstić information content (AvgIpc) is 3.32. The van der Waals surface area contributed by atoms with Crippen LogP contribution in [0.15, 0.2) is 92.1 Å². The number of aromatic nitrogens is 2. The van der Waals surface area contributed by atoms with Crippen molar-refractivity contribution in [2.45, 2.75) is 13.3 Å². The molecule has 2 heterocycles. The number of fused-ring (bicyclic) bond motifs is 2. The number of nitrogens with zero attached hydrogens (tertiary/aromatic N) is 3. The normalized spacial score (nSPS) is 11.4. The quantitative estimate of drug-likeness (QED) is 0.159. The molecule has 37 heavy (non-hydrogen) atoms. The van der Waals surface area contributed by atoms with Gasteiger partial charge in [-0.3, -0.25) is 4.79 Å². The Balaban J connectivity index is 1.68. The van der Waals surface area contributed by atoms with Crippen LogP contribution in [0.3, 0.4) is 0 Å². The summed E-state index contributed by atoms with van der Waals surface area (Å²) in [5.41, 5.74) is 2.58. The minimum absolute atomic E-state index is 0.302. The second kappa shape index (κ2) is 10.4. The number of benzene rings is 3. The molecule has 0 spiro atoms. The van der Waals surface area contributed by atoms with E-state index in [1.54, 1.807) is 37.6 Å². The highest BCUT2D eigenvalue weighted by atomic mass is 79.9. The van der Waals surface area contributed by atoms with Crippen LogP contribution in [0, 0.1) is 0 Å². The second-order valence-corrected chi connectivity index (χ2v) is 9.16. The number of halogens is 1. The molecule has 3 aromatic carbocycles. The third-order valence-corrected chi connectivity index (χ3v) is 6.30. The molecule has 0 N–H and O–H groups in total. The lowest BCUT2D eigenvalue weighted by Gasteiger charge is -2.14. The standard InChI is InChI=1S/C29H24BrN3O4/c1-4-8-19-13-18(14-25(35-3)27(19)36-5-2)17-31-33-28(32-23-10-7-6-9-22(23)29(33)34)26-16-20-15-21(30)11-12-24(20)37-26/h4,6-7,9-17H,1,5,8H2,2-3H3. The number of hydrogen-bond acceptors (Lipinski definition) is 6. The average molecular weight is 558 g/mol. The number of methoxy groups -OCH3 is 1. The molecule has 0 saturated carbocycles. The van der Waals surface area contributed by atoms with Crippen molar-refractivity contribution in [2.24, 2.45) is 5.10 Å². The number of ether oxygens (including phenoxy) is 2. The van der Waals surface area contributed by atoms with E-state index in [1.165, 1.54) is 4.68 Å². The predicted octanol–water partition coefficient (Wildman–Crippen LogP) is 6.59. The Morgan fingerprint density at radius 1 is 1.16 bits per heavy atom. The van der Waals surface area contributed by atoms with Gasteiger partial charge >= 0.3 is 0 Å². The van der Waals surface area contributed by atoms with Gasteiger partial charge in [0.1, 0.15) is 5.58 Å². The van der Waals surface area contributed by atoms with Crippen molar-refractivity contribution in [3.05, 3.63) is 99.3 Å². The Hall–Kier alpha value is -4.17. The van der Waals surface area contributed by atoms with Gasteiger partial charge in [-0.05, 0) is 67.4 Å². The summed E-state index contributed by atoms with van der Waals surface area (Å²) < 4.78 is 19.7. The number of para-hydroxylation sites is 1. The molecule has 0 aliphatic heterocycles. The molecule has 2 aromatic heterocycles. The zero-order valence-electron chi connectivity index (χ0n) is 20.4. The Kier molecular flexibility index (Phi) is 6.92. The molecular weight excluding hydrogens is 534 g/mol. The molecule has 0 saturated heterocycles. The third kappa shape index (κ3) is 4.80. The lowest BCUT2D eigenvalue weighted by molar-refractivity contribution is 0.308. The fraction of sp³-hybridized carbons (Fsp3) is 0.138. The topological polar surface area (TPSA) is 78.9 Å². The summed E-state index contributed by atoms with van der Waals surface area (Å²) in [6.07, 6.45) is 3.99. The Labute approximate surface area is 221 Å². The molecular formula is C29H24BrN3O4. The number of furan rings is 1. The molecule has 0 atom stereocenters. The first kappa shape index (κ1) is 24.5. The minimum Gasteiger partial charge on any atom is -0.493 e. The van der Waals surface area contributed by atoms with Crippen molar-refractivity contribution in [1.29, 1.82) is 0 Å². The van der Waals surface area contributed by atoms with E-state index in [0.29, 0.717) is 52.6 Å². The van der Waals surface area contributed by atoms with Crippen molar-refractivity contribution in [1.82, 2.24) is 9.66 Å². The van der Waals surface area contributed by atoms with E-state index in [1.807, 2.05) is 49.4 Å². The molecule has 0 unspecified atom stereocenters. The van der Waals surface area contributed by atoms with Gasteiger partial charge in [0.15, 0.2) is 17.3 Å². The number of allylic oxidation sites excluding steroid dienone is 1. The van der Waals surface area contributed by atoms with E-state index in [9.17, 15) is 4.79 Å². The van der Waals surface area contributed by atoms with Gasteiger partial charge in [-0.2, -0.15) is 9.78 Å². The first-order valence-electron chi connectivity index (χ1n) is 11.7. The van der Waals surface area contributed by atoms with E-state index >= 15 is 0 Å². The van der Waals surface area contributed by atoms with Crippen LogP contribution in [-0.2, 0) is 6.42 Å². The molecule has 0 radical (unpaired) electrons. The highest BCUT2D eigenvalue weighted by molar-refractivity contribution is 9.10. The predicted molar refractivity (Wildman–Crippen MR) is 150 cm³/mol. The van der Waals surface area contributed by atoms with Crippen LogP contribution in [0.2, 0.25) is 0 Å². The van der Waals surface area contributed by atoms with Crippen LogP contribution in [0.1, 0.15) is 18.1 Å². The lowest BCUT2D eigenvalue weighted by atomic mass is 10.1. The molecule has 186 valence electrons. The van der Waals surface area contributed by atoms with Gasteiger partial charge in [0.25, 0.3) is 5.56 Å². The van der Waals surface area contributed by atoms with E-state index in [0.717, 1.165) is 21.0 Å². The van der Waals surface area contributed by atoms with Crippen LogP contribution in [0.5, 0.6) is 11.5 Å². The molecule has 7 nitrogen and oxygen atoms in total. The first-order chi connectivity index (χ1) is 18.0. The summed E-state index contributed by atoms with van der Waals surface area (Å²) in [5, 5.41) is 5.91. The molecule has 0 aliphatic carbocycles. The molecule has 0 amide bonds. The maximum Gasteiger partial charge on any atom is 0.282 e. The van der Waals surface area contributed by atoms with Gasteiger partial charge < -0.3 is 13.9 Å². The van der Waals surface area contributed by atoms with Crippen LogP contribution in [0.25, 0.3) is 33.5 Å². The van der Waals surface area contributed by atoms with Gasteiger partial charge in [0, 0.05) is 15.4 Å². The summed E-state index contributed by atoms with van der Waals surface area (Å²) >= 11 is 3.49. The van der Waals surface area contributed by atoms with Crippen LogP contribution < -0.4 is 15.0 Å². The van der Waals surface area contributed by atoms with Gasteiger partial charge in [-0.1, -0.05) is 34.1 Å². The van der Waals surface area contributed by atoms with Crippen molar-refractivity contribution < 1.29 is 13.9 Å². The van der Waals surface area contributed by atoms with Crippen LogP contribution in [0.4, 0.5) is 0 Å². The molecule has 0 aliphatic rings. The fourth-order valence-corrected chi connectivity index (χ4v) is 4.54. The largest absolute Gasteiger partial charge is 0.493 e. The van der Waals surface area contributed by atoms with Crippen molar-refractivity contribution >= 4 is 44.0 Å². The van der Waals surface area contributed by atoms with E-state index < -0.39 is 0 Å². The van der Waals surface area contributed by atoms with Gasteiger partial charge in [0.05, 0.1) is 30.8 Å². The zero-order chi connectivity index (χ0) is 25.9. The molecule has 5 rings (SSSR count). The molecule has 0 bridgehead atoms. The lowest BCUT2D eigenvalue weighted by Crippen LogP contribution is -2.20. The summed E-state index contributed by atoms with van der Waals surface area (Å²) in [5.74, 6) is 1.98. The van der Waals surface area contributed by atoms with Crippen molar-refractivity contribution in [3.8, 4) is 23.1 Å². The van der Waals surface area contributed by atoms with E-state index in [4.69, 9.17) is 18.9 Å². The molecule has 5 aromatic rings. The summed E-state index contributed by atoms with van der Waals surface area (Å²) in [6, 6.07) is 18.5. The maximum absolute atomic E-state index is 13.5. The van der Waals surface area contributed by atoms with Gasteiger partial charge in [0.2, 0.25) is 5.82 Å². The number of rotatable bonds is 8. The minimum atomic E-state index is -0.303. The third-order valence-electron chi connectivity index (χ3n) is 5.80. The van der Waals surface area contributed by atoms with Gasteiger partial charge in [-0.25, -0.2) is 4.98 Å². The van der Waals surface area contributed by atoms with Gasteiger partial charge in [-0.15, -0.1) is 6.58 Å². The van der Waals surface area contributed by atoms with Crippen LogP contribution in [-0.4, -0.2) is 29.6 Å². The van der Waals surface area contributed by atoms with Crippen LogP contribution >= 0.6 is 15.9 Å². The zero-order valence-corrected chi connectivity index (χ0v) is 22.0. The Bertz CT molecular complexity index is 1720. The highest BCUT2D eigenvalue weighted by Crippen LogP contribution is 2.33. The second-order valence-electron chi connectivity index (χ2n) is 8.24. The SMILES string of the molecule is C=CCc1cc(C=Nn2c(-c3cc4cc(Br)ccc4o3)nc3ccccc3c2=O)cc(OC)c1OCC. The first-order valence-corrected chi connectivity index (χ1v) is 12.5. The number of hydrogen-bond donors (Lipinski definition) is 0. The monoisotopic (exact) mass is 557 g/mol. The highest BCUT2D eigenvalue weighted by Gasteiger charge is 2.17. The summed E-state index contributed by atoms with van der Waals surface area (Å²) in [4.78, 5) is 18.3. The Morgan fingerprint density at radius 3 is 2.78 bits per heavy atom.